The Labute approximate surface area is 156 Å². The summed E-state index contributed by atoms with van der Waals surface area (Å²) >= 11 is 0. The Morgan fingerprint density at radius 3 is 2.37 bits per heavy atom. The minimum absolute atomic E-state index is 0.151. The Balaban J connectivity index is 1.66. The van der Waals surface area contributed by atoms with E-state index in [9.17, 15) is 9.59 Å². The van der Waals surface area contributed by atoms with Gasteiger partial charge in [0.2, 0.25) is 0 Å². The largest absolute Gasteiger partial charge is 0.456 e. The number of hydrogen-bond acceptors (Lipinski definition) is 3. The van der Waals surface area contributed by atoms with Gasteiger partial charge >= 0.3 is 0 Å². The number of fused-ring (bicyclic) bond motifs is 1. The number of nitrogens with one attached hydrogen (secondary N) is 1. The highest BCUT2D eigenvalue weighted by Gasteiger charge is 2.10. The van der Waals surface area contributed by atoms with Gasteiger partial charge in [0.15, 0.2) is 5.43 Å². The molecule has 1 aromatic heterocycles. The van der Waals surface area contributed by atoms with Crippen LogP contribution >= 0.6 is 0 Å². The van der Waals surface area contributed by atoms with Crippen LogP contribution in [0, 0.1) is 6.92 Å². The summed E-state index contributed by atoms with van der Waals surface area (Å²) in [6.45, 7) is 1.97. The van der Waals surface area contributed by atoms with Crippen molar-refractivity contribution in [2.45, 2.75) is 6.92 Å². The molecule has 4 rings (SSSR count). The number of amides is 1. The molecule has 27 heavy (non-hydrogen) atoms. The molecule has 132 valence electrons. The van der Waals surface area contributed by atoms with Crippen molar-refractivity contribution >= 4 is 22.6 Å². The standard InChI is InChI=1S/C23H17NO3/c1-15-7-9-17(10-8-15)23(26)24-18-11-12-21-19(13-18)20(25)14-22(27-21)16-5-3-2-4-6-16/h2-14H,1H3,(H,24,26). The lowest BCUT2D eigenvalue weighted by Gasteiger charge is -2.08. The van der Waals surface area contributed by atoms with Gasteiger partial charge in [0.1, 0.15) is 11.3 Å². The van der Waals surface area contributed by atoms with Crippen molar-refractivity contribution in [1.29, 1.82) is 0 Å². The lowest BCUT2D eigenvalue weighted by atomic mass is 10.1. The molecule has 1 N–H and O–H groups in total. The molecule has 1 heterocycles. The molecule has 3 aromatic carbocycles. The van der Waals surface area contributed by atoms with Gasteiger partial charge in [0.05, 0.1) is 5.39 Å². The van der Waals surface area contributed by atoms with E-state index in [2.05, 4.69) is 5.32 Å². The Bertz CT molecular complexity index is 1180. The number of carbonyl (C=O) groups is 1. The van der Waals surface area contributed by atoms with E-state index in [-0.39, 0.29) is 11.3 Å². The minimum atomic E-state index is -0.223. The Morgan fingerprint density at radius 1 is 0.889 bits per heavy atom. The van der Waals surface area contributed by atoms with Crippen molar-refractivity contribution < 1.29 is 9.21 Å². The summed E-state index contributed by atoms with van der Waals surface area (Å²) in [6.07, 6.45) is 0. The SMILES string of the molecule is Cc1ccc(C(=O)Nc2ccc3oc(-c4ccccc4)cc(=O)c3c2)cc1. The van der Waals surface area contributed by atoms with Gasteiger partial charge in [-0.15, -0.1) is 0 Å². The molecule has 0 fully saturated rings. The molecule has 0 aliphatic carbocycles. The second kappa shape index (κ2) is 6.92. The summed E-state index contributed by atoms with van der Waals surface area (Å²) in [5.41, 5.74) is 3.37. The highest BCUT2D eigenvalue weighted by atomic mass is 16.3. The first kappa shape index (κ1) is 16.8. The van der Waals surface area contributed by atoms with Crippen molar-refractivity contribution in [3.05, 3.63) is 100 Å². The topological polar surface area (TPSA) is 59.3 Å². The molecule has 4 aromatic rings. The van der Waals surface area contributed by atoms with E-state index >= 15 is 0 Å². The second-order valence-corrected chi connectivity index (χ2v) is 6.37. The van der Waals surface area contributed by atoms with Crippen LogP contribution < -0.4 is 10.7 Å². The summed E-state index contributed by atoms with van der Waals surface area (Å²) in [6, 6.07) is 23.3. The molecule has 0 saturated heterocycles. The summed E-state index contributed by atoms with van der Waals surface area (Å²) < 4.78 is 5.87. The molecule has 0 spiro atoms. The van der Waals surface area contributed by atoms with E-state index < -0.39 is 0 Å². The van der Waals surface area contributed by atoms with E-state index in [0.717, 1.165) is 11.1 Å². The molecule has 0 atom stereocenters. The van der Waals surface area contributed by atoms with Gasteiger partial charge in [0.25, 0.3) is 5.91 Å². The predicted molar refractivity (Wildman–Crippen MR) is 107 cm³/mol. The van der Waals surface area contributed by atoms with E-state index in [1.165, 1.54) is 6.07 Å². The molecular formula is C23H17NO3. The maximum atomic E-state index is 12.5. The zero-order valence-electron chi connectivity index (χ0n) is 14.7. The average molecular weight is 355 g/mol. The quantitative estimate of drug-likeness (QED) is 0.561. The third kappa shape index (κ3) is 3.51. The second-order valence-electron chi connectivity index (χ2n) is 6.37. The lowest BCUT2D eigenvalue weighted by Crippen LogP contribution is -2.12. The van der Waals surface area contributed by atoms with Crippen molar-refractivity contribution in [3.63, 3.8) is 0 Å². The summed E-state index contributed by atoms with van der Waals surface area (Å²) in [5.74, 6) is 0.296. The van der Waals surface area contributed by atoms with Gasteiger partial charge in [-0.2, -0.15) is 0 Å². The highest BCUT2D eigenvalue weighted by molar-refractivity contribution is 6.05. The Kier molecular flexibility index (Phi) is 4.30. The minimum Gasteiger partial charge on any atom is -0.456 e. The van der Waals surface area contributed by atoms with Crippen molar-refractivity contribution in [3.8, 4) is 11.3 Å². The zero-order chi connectivity index (χ0) is 18.8. The van der Waals surface area contributed by atoms with E-state index in [4.69, 9.17) is 4.42 Å². The van der Waals surface area contributed by atoms with Gasteiger partial charge in [-0.05, 0) is 37.3 Å². The van der Waals surface area contributed by atoms with E-state index in [1.54, 1.807) is 30.3 Å². The van der Waals surface area contributed by atoms with E-state index in [1.807, 2.05) is 49.4 Å². The maximum absolute atomic E-state index is 12.5. The molecule has 0 radical (unpaired) electrons. The summed E-state index contributed by atoms with van der Waals surface area (Å²) in [5, 5.41) is 3.25. The summed E-state index contributed by atoms with van der Waals surface area (Å²) in [7, 11) is 0. The molecule has 0 saturated carbocycles. The van der Waals surface area contributed by atoms with Crippen molar-refractivity contribution in [2.24, 2.45) is 0 Å². The molecule has 0 bridgehead atoms. The van der Waals surface area contributed by atoms with Crippen LogP contribution in [0.1, 0.15) is 15.9 Å². The third-order valence-electron chi connectivity index (χ3n) is 4.36. The van der Waals surface area contributed by atoms with Crippen LogP contribution in [-0.4, -0.2) is 5.91 Å². The van der Waals surface area contributed by atoms with Crippen LogP contribution in [0.2, 0.25) is 0 Å². The van der Waals surface area contributed by atoms with Gasteiger partial charge in [-0.25, -0.2) is 0 Å². The Morgan fingerprint density at radius 2 is 1.63 bits per heavy atom. The average Bonchev–Trinajstić information content (AvgIpc) is 2.69. The fraction of sp³-hybridized carbons (Fsp3) is 0.0435. The molecular weight excluding hydrogens is 338 g/mol. The third-order valence-corrected chi connectivity index (χ3v) is 4.36. The first-order chi connectivity index (χ1) is 13.1. The van der Waals surface area contributed by atoms with E-state index in [0.29, 0.717) is 28.0 Å². The number of hydrogen-bond donors (Lipinski definition) is 1. The normalized spacial score (nSPS) is 10.7. The van der Waals surface area contributed by atoms with Crippen LogP contribution in [0.15, 0.2) is 88.1 Å². The van der Waals surface area contributed by atoms with Crippen LogP contribution in [0.5, 0.6) is 0 Å². The van der Waals surface area contributed by atoms with Crippen molar-refractivity contribution in [1.82, 2.24) is 0 Å². The van der Waals surface area contributed by atoms with Crippen LogP contribution in [0.3, 0.4) is 0 Å². The molecule has 0 aliphatic rings. The predicted octanol–water partition coefficient (Wildman–Crippen LogP) is 5.02. The van der Waals surface area contributed by atoms with Gasteiger partial charge < -0.3 is 9.73 Å². The van der Waals surface area contributed by atoms with Crippen molar-refractivity contribution in [2.75, 3.05) is 5.32 Å². The number of aryl methyl sites for hydroxylation is 1. The monoisotopic (exact) mass is 355 g/mol. The molecule has 0 unspecified atom stereocenters. The van der Waals surface area contributed by atoms with Crippen LogP contribution in [-0.2, 0) is 0 Å². The van der Waals surface area contributed by atoms with Gasteiger partial charge in [-0.1, -0.05) is 48.0 Å². The number of anilines is 1. The smallest absolute Gasteiger partial charge is 0.255 e. The molecule has 4 nitrogen and oxygen atoms in total. The molecule has 0 aliphatic heterocycles. The maximum Gasteiger partial charge on any atom is 0.255 e. The first-order valence-corrected chi connectivity index (χ1v) is 8.61. The van der Waals surface area contributed by atoms with Crippen LogP contribution in [0.4, 0.5) is 5.69 Å². The number of benzene rings is 3. The fourth-order valence-electron chi connectivity index (χ4n) is 2.89. The first-order valence-electron chi connectivity index (χ1n) is 8.61. The van der Waals surface area contributed by atoms with Gasteiger partial charge in [0, 0.05) is 22.9 Å². The zero-order valence-corrected chi connectivity index (χ0v) is 14.7. The number of carbonyl (C=O) groups excluding carboxylic acids is 1. The molecule has 4 heteroatoms. The van der Waals surface area contributed by atoms with Crippen LogP contribution in [0.25, 0.3) is 22.3 Å². The van der Waals surface area contributed by atoms with Gasteiger partial charge in [-0.3, -0.25) is 9.59 Å². The summed E-state index contributed by atoms with van der Waals surface area (Å²) in [4.78, 5) is 24.9. The highest BCUT2D eigenvalue weighted by Crippen LogP contribution is 2.24. The molecule has 1 amide bonds. The Hall–Kier alpha value is -3.66. The lowest BCUT2D eigenvalue weighted by molar-refractivity contribution is 0.102. The number of rotatable bonds is 3. The fourth-order valence-corrected chi connectivity index (χ4v) is 2.89.